The maximum atomic E-state index is 12.9. The van der Waals surface area contributed by atoms with Gasteiger partial charge in [0.1, 0.15) is 11.4 Å². The van der Waals surface area contributed by atoms with Gasteiger partial charge in [-0.15, -0.1) is 0 Å². The number of piperazine rings is 1. The predicted octanol–water partition coefficient (Wildman–Crippen LogP) is 1.97. The van der Waals surface area contributed by atoms with Crippen LogP contribution in [0.1, 0.15) is 33.3 Å². The summed E-state index contributed by atoms with van der Waals surface area (Å²) in [6.45, 7) is 5.17. The van der Waals surface area contributed by atoms with E-state index in [4.69, 9.17) is 10.5 Å². The van der Waals surface area contributed by atoms with Crippen molar-refractivity contribution in [1.29, 1.82) is 0 Å². The number of ether oxygens (including phenoxy) is 1. The second-order valence-electron chi connectivity index (χ2n) is 6.72. The number of anilines is 1. The van der Waals surface area contributed by atoms with Gasteiger partial charge in [-0.25, -0.2) is 0 Å². The minimum atomic E-state index is -0.135. The average Bonchev–Trinajstić information content (AvgIpc) is 2.67. The van der Waals surface area contributed by atoms with Gasteiger partial charge in [-0.2, -0.15) is 0 Å². The Bertz CT molecular complexity index is 868. The molecule has 2 amide bonds. The van der Waals surface area contributed by atoms with Crippen LogP contribution in [-0.4, -0.2) is 59.4 Å². The Hall–Kier alpha value is -3.09. The second kappa shape index (κ2) is 7.65. The number of rotatable bonds is 3. The number of carbonyl (C=O) groups is 2. The molecule has 1 fully saturated rings. The smallest absolute Gasteiger partial charge is 0.272 e. The summed E-state index contributed by atoms with van der Waals surface area (Å²) in [7, 11) is 1.55. The van der Waals surface area contributed by atoms with Crippen LogP contribution in [0.2, 0.25) is 0 Å². The highest BCUT2D eigenvalue weighted by molar-refractivity contribution is 6.00. The van der Waals surface area contributed by atoms with E-state index in [1.165, 1.54) is 0 Å². The highest BCUT2D eigenvalue weighted by atomic mass is 16.5. The minimum Gasteiger partial charge on any atom is -0.497 e. The number of nitrogens with zero attached hydrogens (tertiary/aromatic N) is 3. The molecule has 2 heterocycles. The van der Waals surface area contributed by atoms with Crippen LogP contribution in [0.4, 0.5) is 5.69 Å². The summed E-state index contributed by atoms with van der Waals surface area (Å²) < 4.78 is 5.13. The normalized spacial score (nSPS) is 16.9. The van der Waals surface area contributed by atoms with Crippen LogP contribution in [0.3, 0.4) is 0 Å². The lowest BCUT2D eigenvalue weighted by molar-refractivity contribution is 0.0411. The molecule has 142 valence electrons. The van der Waals surface area contributed by atoms with Gasteiger partial charge < -0.3 is 20.3 Å². The maximum absolute atomic E-state index is 12.9. The number of aryl methyl sites for hydroxylation is 1. The molecule has 27 heavy (non-hydrogen) atoms. The molecule has 1 aromatic heterocycles. The van der Waals surface area contributed by atoms with Crippen molar-refractivity contribution >= 4 is 17.5 Å². The van der Waals surface area contributed by atoms with Crippen LogP contribution in [0, 0.1) is 6.92 Å². The molecular formula is C20H24N4O3. The highest BCUT2D eigenvalue weighted by Crippen LogP contribution is 2.23. The maximum Gasteiger partial charge on any atom is 0.272 e. The molecule has 1 aromatic carbocycles. The molecule has 2 N–H and O–H groups in total. The first-order valence-electron chi connectivity index (χ1n) is 8.87. The van der Waals surface area contributed by atoms with Crippen LogP contribution in [0.25, 0.3) is 0 Å². The van der Waals surface area contributed by atoms with Gasteiger partial charge in [-0.1, -0.05) is 6.07 Å². The highest BCUT2D eigenvalue weighted by Gasteiger charge is 2.32. The van der Waals surface area contributed by atoms with Gasteiger partial charge in [0.05, 0.1) is 12.7 Å². The number of hydrogen-bond donors (Lipinski definition) is 1. The van der Waals surface area contributed by atoms with E-state index >= 15 is 0 Å². The van der Waals surface area contributed by atoms with Gasteiger partial charge in [-0.05, 0) is 37.6 Å². The fraction of sp³-hybridized carbons (Fsp3) is 0.350. The molecule has 0 unspecified atom stereocenters. The van der Waals surface area contributed by atoms with Gasteiger partial charge in [0.2, 0.25) is 0 Å². The number of benzene rings is 1. The quantitative estimate of drug-likeness (QED) is 0.837. The third kappa shape index (κ3) is 3.72. The largest absolute Gasteiger partial charge is 0.497 e. The van der Waals surface area contributed by atoms with E-state index < -0.39 is 0 Å². The molecule has 1 aliphatic rings. The van der Waals surface area contributed by atoms with Crippen molar-refractivity contribution in [3.8, 4) is 5.75 Å². The number of nitrogen functional groups attached to an aromatic ring is 1. The number of aromatic nitrogens is 1. The molecule has 2 aromatic rings. The molecular weight excluding hydrogens is 344 g/mol. The molecule has 0 spiro atoms. The Labute approximate surface area is 158 Å². The summed E-state index contributed by atoms with van der Waals surface area (Å²) in [5, 5.41) is 0. The number of nitrogens with two attached hydrogens (primary N) is 1. The number of amides is 2. The zero-order chi connectivity index (χ0) is 19.6. The fourth-order valence-corrected chi connectivity index (χ4v) is 3.32. The van der Waals surface area contributed by atoms with Crippen molar-refractivity contribution in [2.45, 2.75) is 19.9 Å². The van der Waals surface area contributed by atoms with Crippen LogP contribution < -0.4 is 10.5 Å². The zero-order valence-corrected chi connectivity index (χ0v) is 15.8. The topological polar surface area (TPSA) is 88.8 Å². The lowest BCUT2D eigenvalue weighted by Gasteiger charge is -2.40. The molecule has 1 atom stereocenters. The Balaban J connectivity index is 1.72. The summed E-state index contributed by atoms with van der Waals surface area (Å²) in [6.07, 6.45) is 1.62. The molecule has 0 saturated carbocycles. The summed E-state index contributed by atoms with van der Waals surface area (Å²) in [6, 6.07) is 8.60. The molecule has 0 radical (unpaired) electrons. The van der Waals surface area contributed by atoms with E-state index in [0.717, 1.165) is 5.56 Å². The Morgan fingerprint density at radius 3 is 2.63 bits per heavy atom. The van der Waals surface area contributed by atoms with Gasteiger partial charge in [-0.3, -0.25) is 14.6 Å². The summed E-state index contributed by atoms with van der Waals surface area (Å²) >= 11 is 0. The lowest BCUT2D eigenvalue weighted by Crippen LogP contribution is -2.55. The van der Waals surface area contributed by atoms with Crippen molar-refractivity contribution in [2.75, 3.05) is 32.5 Å². The second-order valence-corrected chi connectivity index (χ2v) is 6.72. The van der Waals surface area contributed by atoms with E-state index in [1.807, 2.05) is 26.0 Å². The molecule has 0 bridgehead atoms. The van der Waals surface area contributed by atoms with E-state index in [9.17, 15) is 9.59 Å². The first-order chi connectivity index (χ1) is 12.9. The van der Waals surface area contributed by atoms with Gasteiger partial charge in [0.25, 0.3) is 11.8 Å². The third-order valence-electron chi connectivity index (χ3n) is 4.88. The van der Waals surface area contributed by atoms with E-state index in [0.29, 0.717) is 42.3 Å². The summed E-state index contributed by atoms with van der Waals surface area (Å²) in [5.74, 6) is 0.373. The van der Waals surface area contributed by atoms with Crippen LogP contribution in [0.5, 0.6) is 5.75 Å². The summed E-state index contributed by atoms with van der Waals surface area (Å²) in [5.41, 5.74) is 8.16. The van der Waals surface area contributed by atoms with Gasteiger partial charge >= 0.3 is 0 Å². The molecule has 7 nitrogen and oxygen atoms in total. The summed E-state index contributed by atoms with van der Waals surface area (Å²) in [4.78, 5) is 33.4. The molecule has 0 aliphatic carbocycles. The third-order valence-corrected chi connectivity index (χ3v) is 4.88. The predicted molar refractivity (Wildman–Crippen MR) is 103 cm³/mol. The van der Waals surface area contributed by atoms with E-state index in [-0.39, 0.29) is 17.9 Å². The van der Waals surface area contributed by atoms with Crippen LogP contribution in [-0.2, 0) is 0 Å². The van der Waals surface area contributed by atoms with E-state index in [1.54, 1.807) is 41.3 Å². The van der Waals surface area contributed by atoms with Gasteiger partial charge in [0.15, 0.2) is 0 Å². The number of pyridine rings is 1. The Morgan fingerprint density at radius 1 is 1.22 bits per heavy atom. The average molecular weight is 368 g/mol. The van der Waals surface area contributed by atoms with Crippen molar-refractivity contribution in [3.63, 3.8) is 0 Å². The SMILES string of the molecule is COc1ccc(C(=O)N2CCN(C(=O)c3ncccc3C)C[C@@H]2C)c(N)c1. The number of methoxy groups -OCH3 is 1. The molecule has 1 aliphatic heterocycles. The van der Waals surface area contributed by atoms with Crippen molar-refractivity contribution in [3.05, 3.63) is 53.3 Å². The number of hydrogen-bond acceptors (Lipinski definition) is 5. The van der Waals surface area contributed by atoms with Crippen molar-refractivity contribution in [2.24, 2.45) is 0 Å². The Morgan fingerprint density at radius 2 is 2.00 bits per heavy atom. The molecule has 1 saturated heterocycles. The van der Waals surface area contributed by atoms with Crippen molar-refractivity contribution in [1.82, 2.24) is 14.8 Å². The monoisotopic (exact) mass is 368 g/mol. The van der Waals surface area contributed by atoms with Crippen LogP contribution in [0.15, 0.2) is 36.5 Å². The van der Waals surface area contributed by atoms with Crippen LogP contribution >= 0.6 is 0 Å². The fourth-order valence-electron chi connectivity index (χ4n) is 3.32. The Kier molecular flexibility index (Phi) is 5.30. The van der Waals surface area contributed by atoms with Crippen molar-refractivity contribution < 1.29 is 14.3 Å². The first-order valence-corrected chi connectivity index (χ1v) is 8.87. The van der Waals surface area contributed by atoms with Gasteiger partial charge in [0, 0.05) is 43.6 Å². The zero-order valence-electron chi connectivity index (χ0n) is 15.8. The number of carbonyl (C=O) groups excluding carboxylic acids is 2. The lowest BCUT2D eigenvalue weighted by atomic mass is 10.1. The molecule has 3 rings (SSSR count). The molecule has 7 heteroatoms. The standard InChI is InChI=1S/C20H24N4O3/c1-13-5-4-8-22-18(13)20(26)23-9-10-24(14(2)12-23)19(25)16-7-6-15(27-3)11-17(16)21/h4-8,11,14H,9-10,12,21H2,1-3H3/t14-/m0/s1. The minimum absolute atomic E-state index is 0.101. The van der Waals surface area contributed by atoms with E-state index in [2.05, 4.69) is 4.98 Å². The first kappa shape index (κ1) is 18.7.